The molecule has 6 nitrogen and oxygen atoms in total. The first-order chi connectivity index (χ1) is 10.5. The summed E-state index contributed by atoms with van der Waals surface area (Å²) in [7, 11) is 1.51. The van der Waals surface area contributed by atoms with E-state index in [0.29, 0.717) is 28.4 Å². The predicted octanol–water partition coefficient (Wildman–Crippen LogP) is 2.49. The summed E-state index contributed by atoms with van der Waals surface area (Å²) in [6.45, 7) is 1.42. The molecule has 0 heterocycles. The van der Waals surface area contributed by atoms with E-state index in [1.807, 2.05) is 0 Å². The second kappa shape index (κ2) is 6.62. The molecule has 0 unspecified atom stereocenters. The van der Waals surface area contributed by atoms with Crippen molar-refractivity contribution in [2.24, 2.45) is 0 Å². The SMILES string of the molecule is COc1ccc(C(=O)Nc2cccc(NC(C)=O)c2)cc1N. The van der Waals surface area contributed by atoms with Crippen molar-refractivity contribution >= 4 is 28.9 Å². The summed E-state index contributed by atoms with van der Waals surface area (Å²) >= 11 is 0. The molecule has 0 radical (unpaired) electrons. The summed E-state index contributed by atoms with van der Waals surface area (Å²) in [5.41, 5.74) is 7.79. The number of methoxy groups -OCH3 is 1. The summed E-state index contributed by atoms with van der Waals surface area (Å²) in [6.07, 6.45) is 0. The lowest BCUT2D eigenvalue weighted by Crippen LogP contribution is -2.13. The Morgan fingerprint density at radius 2 is 1.73 bits per heavy atom. The fourth-order valence-electron chi connectivity index (χ4n) is 1.96. The van der Waals surface area contributed by atoms with Gasteiger partial charge in [0.1, 0.15) is 5.75 Å². The molecule has 0 saturated carbocycles. The van der Waals surface area contributed by atoms with E-state index in [1.54, 1.807) is 42.5 Å². The van der Waals surface area contributed by atoms with Crippen LogP contribution in [0, 0.1) is 0 Å². The van der Waals surface area contributed by atoms with Crippen molar-refractivity contribution in [3.63, 3.8) is 0 Å². The van der Waals surface area contributed by atoms with Gasteiger partial charge in [-0.25, -0.2) is 0 Å². The van der Waals surface area contributed by atoms with Crippen LogP contribution in [0.3, 0.4) is 0 Å². The number of rotatable bonds is 4. The zero-order chi connectivity index (χ0) is 16.1. The summed E-state index contributed by atoms with van der Waals surface area (Å²) in [5.74, 6) is 0.0462. The molecule has 0 aromatic heterocycles. The zero-order valence-corrected chi connectivity index (χ0v) is 12.3. The maximum absolute atomic E-state index is 12.2. The number of nitrogens with one attached hydrogen (secondary N) is 2. The molecule has 2 aromatic rings. The molecule has 0 saturated heterocycles. The number of carbonyl (C=O) groups is 2. The maximum Gasteiger partial charge on any atom is 0.255 e. The Morgan fingerprint density at radius 3 is 2.32 bits per heavy atom. The molecule has 0 spiro atoms. The number of benzene rings is 2. The molecular formula is C16H17N3O3. The van der Waals surface area contributed by atoms with Crippen molar-refractivity contribution in [2.45, 2.75) is 6.92 Å². The highest BCUT2D eigenvalue weighted by Gasteiger charge is 2.09. The number of amides is 2. The lowest BCUT2D eigenvalue weighted by atomic mass is 10.1. The van der Waals surface area contributed by atoms with Gasteiger partial charge in [-0.1, -0.05) is 6.07 Å². The Balaban J connectivity index is 2.15. The molecule has 2 amide bonds. The zero-order valence-electron chi connectivity index (χ0n) is 12.3. The van der Waals surface area contributed by atoms with Gasteiger partial charge in [-0.15, -0.1) is 0 Å². The van der Waals surface area contributed by atoms with E-state index in [0.717, 1.165) is 0 Å². The Kier molecular flexibility index (Phi) is 4.63. The molecule has 4 N–H and O–H groups in total. The number of hydrogen-bond acceptors (Lipinski definition) is 4. The van der Waals surface area contributed by atoms with Crippen molar-refractivity contribution in [2.75, 3.05) is 23.5 Å². The molecule has 6 heteroatoms. The first kappa shape index (κ1) is 15.4. The fourth-order valence-corrected chi connectivity index (χ4v) is 1.96. The normalized spacial score (nSPS) is 9.91. The Hall–Kier alpha value is -3.02. The van der Waals surface area contributed by atoms with Crippen molar-refractivity contribution in [3.05, 3.63) is 48.0 Å². The highest BCUT2D eigenvalue weighted by Crippen LogP contribution is 2.23. The third kappa shape index (κ3) is 3.76. The Bertz CT molecular complexity index is 714. The van der Waals surface area contributed by atoms with E-state index >= 15 is 0 Å². The Labute approximate surface area is 128 Å². The number of anilines is 3. The van der Waals surface area contributed by atoms with Gasteiger partial charge in [-0.2, -0.15) is 0 Å². The molecule has 0 aliphatic rings. The molecule has 0 atom stereocenters. The van der Waals surface area contributed by atoms with Crippen LogP contribution < -0.4 is 21.1 Å². The number of nitrogen functional groups attached to an aromatic ring is 1. The number of hydrogen-bond donors (Lipinski definition) is 3. The first-order valence-corrected chi connectivity index (χ1v) is 6.62. The lowest BCUT2D eigenvalue weighted by Gasteiger charge is -2.09. The molecule has 0 aliphatic carbocycles. The molecule has 0 aliphatic heterocycles. The van der Waals surface area contributed by atoms with Crippen molar-refractivity contribution in [3.8, 4) is 5.75 Å². The highest BCUT2D eigenvalue weighted by molar-refractivity contribution is 6.05. The monoisotopic (exact) mass is 299 g/mol. The standard InChI is InChI=1S/C16H17N3O3/c1-10(20)18-12-4-3-5-13(9-12)19-16(21)11-6-7-15(22-2)14(17)8-11/h3-9H,17H2,1-2H3,(H,18,20)(H,19,21). The minimum Gasteiger partial charge on any atom is -0.495 e. The van der Waals surface area contributed by atoms with Gasteiger partial charge in [0, 0.05) is 23.9 Å². The van der Waals surface area contributed by atoms with Gasteiger partial charge in [0.2, 0.25) is 5.91 Å². The number of ether oxygens (including phenoxy) is 1. The van der Waals surface area contributed by atoms with E-state index in [4.69, 9.17) is 10.5 Å². The third-order valence-corrected chi connectivity index (χ3v) is 2.93. The average Bonchev–Trinajstić information content (AvgIpc) is 2.46. The topological polar surface area (TPSA) is 93.5 Å². The third-order valence-electron chi connectivity index (χ3n) is 2.93. The summed E-state index contributed by atoms with van der Waals surface area (Å²) in [5, 5.41) is 5.41. The largest absolute Gasteiger partial charge is 0.495 e. The van der Waals surface area contributed by atoms with E-state index in [-0.39, 0.29) is 11.8 Å². The summed E-state index contributed by atoms with van der Waals surface area (Å²) in [4.78, 5) is 23.2. The van der Waals surface area contributed by atoms with E-state index < -0.39 is 0 Å². The second-order valence-corrected chi connectivity index (χ2v) is 4.67. The predicted molar refractivity (Wildman–Crippen MR) is 86.1 cm³/mol. The molecule has 0 bridgehead atoms. The molecule has 114 valence electrons. The summed E-state index contributed by atoms with van der Waals surface area (Å²) < 4.78 is 5.05. The van der Waals surface area contributed by atoms with E-state index in [2.05, 4.69) is 10.6 Å². The van der Waals surface area contributed by atoms with Gasteiger partial charge < -0.3 is 21.1 Å². The molecule has 22 heavy (non-hydrogen) atoms. The molecule has 0 fully saturated rings. The van der Waals surface area contributed by atoms with Crippen molar-refractivity contribution in [1.29, 1.82) is 0 Å². The molecular weight excluding hydrogens is 282 g/mol. The van der Waals surface area contributed by atoms with Crippen LogP contribution in [0.4, 0.5) is 17.1 Å². The quantitative estimate of drug-likeness (QED) is 0.756. The van der Waals surface area contributed by atoms with Crippen molar-refractivity contribution in [1.82, 2.24) is 0 Å². The van der Waals surface area contributed by atoms with Crippen LogP contribution in [0.1, 0.15) is 17.3 Å². The second-order valence-electron chi connectivity index (χ2n) is 4.67. The van der Waals surface area contributed by atoms with Gasteiger partial charge in [0.15, 0.2) is 0 Å². The smallest absolute Gasteiger partial charge is 0.255 e. The van der Waals surface area contributed by atoms with Crippen LogP contribution in [-0.2, 0) is 4.79 Å². The minimum absolute atomic E-state index is 0.175. The molecule has 2 aromatic carbocycles. The van der Waals surface area contributed by atoms with Gasteiger partial charge in [-0.05, 0) is 36.4 Å². The van der Waals surface area contributed by atoms with Gasteiger partial charge in [0.05, 0.1) is 12.8 Å². The van der Waals surface area contributed by atoms with Crippen LogP contribution in [0.25, 0.3) is 0 Å². The van der Waals surface area contributed by atoms with Gasteiger partial charge in [0.25, 0.3) is 5.91 Å². The van der Waals surface area contributed by atoms with Crippen LogP contribution in [0.5, 0.6) is 5.75 Å². The highest BCUT2D eigenvalue weighted by atomic mass is 16.5. The van der Waals surface area contributed by atoms with Crippen LogP contribution in [0.2, 0.25) is 0 Å². The van der Waals surface area contributed by atoms with Crippen LogP contribution >= 0.6 is 0 Å². The maximum atomic E-state index is 12.2. The Morgan fingerprint density at radius 1 is 1.05 bits per heavy atom. The first-order valence-electron chi connectivity index (χ1n) is 6.62. The van der Waals surface area contributed by atoms with E-state index in [9.17, 15) is 9.59 Å². The number of nitrogens with two attached hydrogens (primary N) is 1. The van der Waals surface area contributed by atoms with Crippen LogP contribution in [0.15, 0.2) is 42.5 Å². The molecule has 2 rings (SSSR count). The fraction of sp³-hybridized carbons (Fsp3) is 0.125. The summed E-state index contributed by atoms with van der Waals surface area (Å²) in [6, 6.07) is 11.7. The number of carbonyl (C=O) groups excluding carboxylic acids is 2. The minimum atomic E-state index is -0.297. The average molecular weight is 299 g/mol. The van der Waals surface area contributed by atoms with Gasteiger partial charge in [-0.3, -0.25) is 9.59 Å². The van der Waals surface area contributed by atoms with Gasteiger partial charge >= 0.3 is 0 Å². The lowest BCUT2D eigenvalue weighted by molar-refractivity contribution is -0.114. The van der Waals surface area contributed by atoms with E-state index in [1.165, 1.54) is 14.0 Å². The van der Waals surface area contributed by atoms with Crippen molar-refractivity contribution < 1.29 is 14.3 Å². The van der Waals surface area contributed by atoms with Crippen LogP contribution in [-0.4, -0.2) is 18.9 Å².